The Bertz CT molecular complexity index is 910. The number of halogens is 1. The lowest BCUT2D eigenvalue weighted by Gasteiger charge is -2.29. The van der Waals surface area contributed by atoms with Crippen LogP contribution in [0.25, 0.3) is 0 Å². The molecule has 1 heterocycles. The Morgan fingerprint density at radius 1 is 1.43 bits per heavy atom. The van der Waals surface area contributed by atoms with Crippen molar-refractivity contribution in [1.82, 2.24) is 15.5 Å². The molecule has 3 N–H and O–H groups in total. The number of likely N-dealkylation sites (tertiary alicyclic amines) is 1. The Labute approximate surface area is 180 Å². The van der Waals surface area contributed by atoms with Gasteiger partial charge in [-0.1, -0.05) is 29.8 Å². The molecule has 8 nitrogen and oxygen atoms in total. The highest BCUT2D eigenvalue weighted by Crippen LogP contribution is 2.70. The van der Waals surface area contributed by atoms with Crippen LogP contribution in [0.1, 0.15) is 24.8 Å². The summed E-state index contributed by atoms with van der Waals surface area (Å²) in [5.74, 6) is -1.16. The highest BCUT2D eigenvalue weighted by Gasteiger charge is 2.65. The maximum Gasteiger partial charge on any atom is 0.243 e. The van der Waals surface area contributed by atoms with Crippen LogP contribution in [0.5, 0.6) is 0 Å². The van der Waals surface area contributed by atoms with E-state index < -0.39 is 24.6 Å². The van der Waals surface area contributed by atoms with E-state index in [1.165, 1.54) is 4.90 Å². The van der Waals surface area contributed by atoms with Crippen LogP contribution in [0.2, 0.25) is 5.02 Å². The van der Waals surface area contributed by atoms with Gasteiger partial charge in [0.2, 0.25) is 25.6 Å². The molecule has 4 atom stereocenters. The molecule has 1 aliphatic carbocycles. The second-order valence-electron chi connectivity index (χ2n) is 7.69. The van der Waals surface area contributed by atoms with Gasteiger partial charge in [0.25, 0.3) is 0 Å². The third-order valence-corrected chi connectivity index (χ3v) is 8.63. The van der Waals surface area contributed by atoms with Crippen LogP contribution in [-0.2, 0) is 25.1 Å². The van der Waals surface area contributed by atoms with Gasteiger partial charge in [-0.3, -0.25) is 18.9 Å². The molecule has 162 valence electrons. The van der Waals surface area contributed by atoms with Crippen LogP contribution in [0.3, 0.4) is 0 Å². The SMILES string of the molecule is C=CC1C[C@]1(NC(=O)C1CCCN1C(=O)CNC=O)P(=O)(O)Cc1cccc(Cl)c1. The molecule has 30 heavy (non-hydrogen) atoms. The monoisotopic (exact) mass is 453 g/mol. The highest BCUT2D eigenvalue weighted by molar-refractivity contribution is 7.59. The smallest absolute Gasteiger partial charge is 0.243 e. The van der Waals surface area contributed by atoms with Crippen molar-refractivity contribution < 1.29 is 23.8 Å². The number of carbonyl (C=O) groups excluding carboxylic acids is 3. The fraction of sp³-hybridized carbons (Fsp3) is 0.450. The normalized spacial score (nSPS) is 27.1. The Balaban J connectivity index is 1.76. The van der Waals surface area contributed by atoms with Crippen molar-refractivity contribution >= 4 is 37.2 Å². The predicted octanol–water partition coefficient (Wildman–Crippen LogP) is 1.87. The average Bonchev–Trinajstić information content (AvgIpc) is 3.19. The summed E-state index contributed by atoms with van der Waals surface area (Å²) in [7, 11) is -3.88. The summed E-state index contributed by atoms with van der Waals surface area (Å²) in [6, 6.07) is 5.99. The van der Waals surface area contributed by atoms with Gasteiger partial charge < -0.3 is 20.4 Å². The summed E-state index contributed by atoms with van der Waals surface area (Å²) in [6.45, 7) is 3.93. The van der Waals surface area contributed by atoms with Crippen LogP contribution in [0.15, 0.2) is 36.9 Å². The molecular formula is C20H25ClN3O5P. The second kappa shape index (κ2) is 8.92. The minimum atomic E-state index is -3.88. The molecule has 2 fully saturated rings. The predicted molar refractivity (Wildman–Crippen MR) is 113 cm³/mol. The molecule has 0 radical (unpaired) electrons. The molecule has 1 saturated heterocycles. The van der Waals surface area contributed by atoms with Crippen LogP contribution < -0.4 is 10.6 Å². The molecule has 0 aromatic heterocycles. The molecule has 1 aromatic carbocycles. The van der Waals surface area contributed by atoms with Crippen molar-refractivity contribution in [1.29, 1.82) is 0 Å². The van der Waals surface area contributed by atoms with Gasteiger partial charge in [-0.15, -0.1) is 6.58 Å². The lowest BCUT2D eigenvalue weighted by atomic mass is 10.2. The molecule has 1 saturated carbocycles. The van der Waals surface area contributed by atoms with E-state index >= 15 is 0 Å². The summed E-state index contributed by atoms with van der Waals surface area (Å²) < 4.78 is 13.4. The number of benzene rings is 1. The van der Waals surface area contributed by atoms with Gasteiger partial charge in [0.1, 0.15) is 11.3 Å². The van der Waals surface area contributed by atoms with Gasteiger partial charge in [-0.25, -0.2) is 0 Å². The van der Waals surface area contributed by atoms with E-state index in [1.54, 1.807) is 30.3 Å². The molecular weight excluding hydrogens is 429 g/mol. The number of hydrogen-bond acceptors (Lipinski definition) is 4. The molecule has 0 spiro atoms. The van der Waals surface area contributed by atoms with E-state index in [9.17, 15) is 23.8 Å². The minimum absolute atomic E-state index is 0.130. The third kappa shape index (κ3) is 4.46. The van der Waals surface area contributed by atoms with Crippen LogP contribution in [-0.4, -0.2) is 52.4 Å². The number of rotatable bonds is 9. The summed E-state index contributed by atoms with van der Waals surface area (Å²) in [4.78, 5) is 48.1. The molecule has 0 bridgehead atoms. The van der Waals surface area contributed by atoms with E-state index in [2.05, 4.69) is 17.2 Å². The molecule has 3 amide bonds. The molecule has 10 heteroatoms. The fourth-order valence-electron chi connectivity index (χ4n) is 4.08. The number of nitrogens with one attached hydrogen (secondary N) is 2. The first kappa shape index (κ1) is 22.5. The van der Waals surface area contributed by atoms with Crippen molar-refractivity contribution in [2.45, 2.75) is 36.7 Å². The number of carbonyl (C=O) groups is 3. The maximum absolute atomic E-state index is 13.4. The van der Waals surface area contributed by atoms with Crippen molar-refractivity contribution in [2.75, 3.05) is 13.1 Å². The van der Waals surface area contributed by atoms with Crippen LogP contribution in [0, 0.1) is 5.92 Å². The lowest BCUT2D eigenvalue weighted by Crippen LogP contribution is -2.51. The standard InChI is InChI=1S/C20H25ClN3O5P/c1-2-15-10-20(15,30(28,29)12-14-5-3-6-16(21)9-14)23-19(27)17-7-4-8-24(17)18(26)11-22-13-25/h2-3,5-6,9,13,15,17H,1,4,7-8,10-12H2,(H,22,25)(H,23,27)(H,28,29)/t15?,17?,20-/m0/s1. The first-order valence-electron chi connectivity index (χ1n) is 9.71. The van der Waals surface area contributed by atoms with E-state index in [-0.39, 0.29) is 24.5 Å². The van der Waals surface area contributed by atoms with Crippen molar-refractivity contribution in [3.05, 3.63) is 47.5 Å². The Morgan fingerprint density at radius 2 is 2.20 bits per heavy atom. The van der Waals surface area contributed by atoms with Crippen molar-refractivity contribution in [2.24, 2.45) is 5.92 Å². The minimum Gasteiger partial charge on any atom is -0.350 e. The lowest BCUT2D eigenvalue weighted by molar-refractivity contribution is -0.138. The summed E-state index contributed by atoms with van der Waals surface area (Å²) in [5, 5.41) is 4.26. The largest absolute Gasteiger partial charge is 0.350 e. The van der Waals surface area contributed by atoms with E-state index in [0.717, 1.165) is 0 Å². The number of amides is 3. The molecule has 3 rings (SSSR count). The van der Waals surface area contributed by atoms with E-state index in [0.29, 0.717) is 42.8 Å². The van der Waals surface area contributed by atoms with Gasteiger partial charge in [0.05, 0.1) is 12.7 Å². The topological polar surface area (TPSA) is 116 Å². The zero-order valence-corrected chi connectivity index (χ0v) is 18.1. The third-order valence-electron chi connectivity index (χ3n) is 5.73. The highest BCUT2D eigenvalue weighted by atomic mass is 35.5. The number of hydrogen-bond donors (Lipinski definition) is 3. The Hall–Kier alpha value is -2.15. The zero-order chi connectivity index (χ0) is 21.9. The van der Waals surface area contributed by atoms with Gasteiger partial charge >= 0.3 is 0 Å². The van der Waals surface area contributed by atoms with Gasteiger partial charge in [0, 0.05) is 17.5 Å². The first-order valence-corrected chi connectivity index (χ1v) is 11.9. The molecule has 3 unspecified atom stereocenters. The Morgan fingerprint density at radius 3 is 2.83 bits per heavy atom. The van der Waals surface area contributed by atoms with E-state index in [1.807, 2.05) is 0 Å². The summed E-state index contributed by atoms with van der Waals surface area (Å²) >= 11 is 5.99. The zero-order valence-electron chi connectivity index (χ0n) is 16.4. The van der Waals surface area contributed by atoms with Crippen LogP contribution in [0.4, 0.5) is 0 Å². The van der Waals surface area contributed by atoms with E-state index in [4.69, 9.17) is 11.6 Å². The average molecular weight is 454 g/mol. The second-order valence-corrected chi connectivity index (χ2v) is 10.6. The fourth-order valence-corrected chi connectivity index (χ4v) is 6.65. The quantitative estimate of drug-likeness (QED) is 0.300. The van der Waals surface area contributed by atoms with Gasteiger partial charge in [-0.05, 0) is 37.0 Å². The Kier molecular flexibility index (Phi) is 6.70. The maximum atomic E-state index is 13.4. The van der Waals surface area contributed by atoms with Crippen molar-refractivity contribution in [3.63, 3.8) is 0 Å². The van der Waals surface area contributed by atoms with Gasteiger partial charge in [0.15, 0.2) is 0 Å². The van der Waals surface area contributed by atoms with Crippen molar-refractivity contribution in [3.8, 4) is 0 Å². The molecule has 2 aliphatic rings. The first-order chi connectivity index (χ1) is 14.2. The van der Waals surface area contributed by atoms with Gasteiger partial charge in [-0.2, -0.15) is 0 Å². The summed E-state index contributed by atoms with van der Waals surface area (Å²) in [6.07, 6.45) is 3.28. The van der Waals surface area contributed by atoms with Crippen LogP contribution >= 0.6 is 19.0 Å². The summed E-state index contributed by atoms with van der Waals surface area (Å²) in [5.41, 5.74) is 0.606. The number of nitrogens with zero attached hydrogens (tertiary/aromatic N) is 1. The molecule has 1 aromatic rings. The molecule has 1 aliphatic heterocycles.